The van der Waals surface area contributed by atoms with E-state index in [0.717, 1.165) is 22.8 Å². The maximum Gasteiger partial charge on any atom is 0.178 e. The van der Waals surface area contributed by atoms with E-state index in [2.05, 4.69) is 9.97 Å². The summed E-state index contributed by atoms with van der Waals surface area (Å²) in [6.45, 7) is 0. The zero-order valence-electron chi connectivity index (χ0n) is 10.4. The molecule has 19 heavy (non-hydrogen) atoms. The molecule has 4 nitrogen and oxygen atoms in total. The fourth-order valence-corrected chi connectivity index (χ4v) is 2.25. The molecule has 0 amide bonds. The first-order chi connectivity index (χ1) is 9.33. The van der Waals surface area contributed by atoms with Crippen LogP contribution in [0.1, 0.15) is 5.82 Å². The lowest BCUT2D eigenvalue weighted by atomic mass is 10.3. The van der Waals surface area contributed by atoms with Gasteiger partial charge in [-0.2, -0.15) is 0 Å². The molecule has 3 rings (SSSR count). The van der Waals surface area contributed by atoms with E-state index in [0.29, 0.717) is 11.5 Å². The number of aromatic nitrogens is 3. The number of hydrogen-bond acceptors (Lipinski definition) is 3. The summed E-state index contributed by atoms with van der Waals surface area (Å²) in [5.41, 5.74) is 2.64. The number of hydrogen-bond donors (Lipinski definition) is 0. The van der Waals surface area contributed by atoms with Gasteiger partial charge in [0.1, 0.15) is 11.6 Å². The minimum Gasteiger partial charge on any atom is -0.497 e. The standard InChI is InChI=1S/C14H12ClN3O/c1-19-11-6-4-10(5-7-11)18-12-3-2-8-16-14(12)17-13(18)9-15/h2-8H,9H2,1H3. The van der Waals surface area contributed by atoms with Crippen molar-refractivity contribution in [2.75, 3.05) is 7.11 Å². The summed E-state index contributed by atoms with van der Waals surface area (Å²) >= 11 is 5.98. The highest BCUT2D eigenvalue weighted by Crippen LogP contribution is 2.23. The zero-order valence-corrected chi connectivity index (χ0v) is 11.1. The van der Waals surface area contributed by atoms with Crippen molar-refractivity contribution in [3.8, 4) is 11.4 Å². The van der Waals surface area contributed by atoms with Gasteiger partial charge in [-0.05, 0) is 36.4 Å². The molecule has 0 spiro atoms. The molecule has 3 aromatic rings. The van der Waals surface area contributed by atoms with Crippen molar-refractivity contribution in [2.45, 2.75) is 5.88 Å². The quantitative estimate of drug-likeness (QED) is 0.688. The van der Waals surface area contributed by atoms with Crippen molar-refractivity contribution in [1.82, 2.24) is 14.5 Å². The Bertz CT molecular complexity index is 706. The molecule has 0 saturated carbocycles. The van der Waals surface area contributed by atoms with Crippen LogP contribution in [0.4, 0.5) is 0 Å². The van der Waals surface area contributed by atoms with Crippen molar-refractivity contribution in [2.24, 2.45) is 0 Å². The fraction of sp³-hybridized carbons (Fsp3) is 0.143. The summed E-state index contributed by atoms with van der Waals surface area (Å²) in [5, 5.41) is 0. The molecule has 2 aromatic heterocycles. The summed E-state index contributed by atoms with van der Waals surface area (Å²) in [5.74, 6) is 1.93. The normalized spacial score (nSPS) is 10.8. The minimum atomic E-state index is 0.336. The Labute approximate surface area is 115 Å². The zero-order chi connectivity index (χ0) is 13.2. The van der Waals surface area contributed by atoms with Crippen molar-refractivity contribution >= 4 is 22.8 Å². The SMILES string of the molecule is COc1ccc(-n2c(CCl)nc3ncccc32)cc1. The average Bonchev–Trinajstić information content (AvgIpc) is 2.86. The summed E-state index contributed by atoms with van der Waals surface area (Å²) in [6.07, 6.45) is 1.73. The highest BCUT2D eigenvalue weighted by Gasteiger charge is 2.11. The van der Waals surface area contributed by atoms with Gasteiger partial charge in [0.25, 0.3) is 0 Å². The Kier molecular flexibility index (Phi) is 3.09. The Morgan fingerprint density at radius 2 is 2.00 bits per heavy atom. The van der Waals surface area contributed by atoms with E-state index < -0.39 is 0 Å². The van der Waals surface area contributed by atoms with Gasteiger partial charge in [0, 0.05) is 11.9 Å². The van der Waals surface area contributed by atoms with Crippen molar-refractivity contribution < 1.29 is 4.74 Å². The van der Waals surface area contributed by atoms with Crippen LogP contribution >= 0.6 is 11.6 Å². The number of halogens is 1. The summed E-state index contributed by atoms with van der Waals surface area (Å²) in [6, 6.07) is 11.6. The number of benzene rings is 1. The molecule has 0 radical (unpaired) electrons. The van der Waals surface area contributed by atoms with Crippen LogP contribution in [0.5, 0.6) is 5.75 Å². The van der Waals surface area contributed by atoms with E-state index in [-0.39, 0.29) is 0 Å². The molecule has 96 valence electrons. The molecular weight excluding hydrogens is 262 g/mol. The summed E-state index contributed by atoms with van der Waals surface area (Å²) in [4.78, 5) is 8.69. The topological polar surface area (TPSA) is 39.9 Å². The van der Waals surface area contributed by atoms with Gasteiger partial charge in [-0.25, -0.2) is 9.97 Å². The molecule has 2 heterocycles. The monoisotopic (exact) mass is 273 g/mol. The number of rotatable bonds is 3. The number of nitrogens with zero attached hydrogens (tertiary/aromatic N) is 3. The summed E-state index contributed by atoms with van der Waals surface area (Å²) < 4.78 is 7.18. The maximum absolute atomic E-state index is 5.98. The number of ether oxygens (including phenoxy) is 1. The van der Waals surface area contributed by atoms with Crippen LogP contribution in [0, 0.1) is 0 Å². The lowest BCUT2D eigenvalue weighted by Crippen LogP contribution is -1.99. The Hall–Kier alpha value is -2.07. The van der Waals surface area contributed by atoms with Crippen LogP contribution in [-0.4, -0.2) is 21.6 Å². The maximum atomic E-state index is 5.98. The molecule has 0 unspecified atom stereocenters. The molecule has 0 aliphatic rings. The van der Waals surface area contributed by atoms with E-state index in [4.69, 9.17) is 16.3 Å². The van der Waals surface area contributed by atoms with Gasteiger partial charge in [-0.15, -0.1) is 11.6 Å². The van der Waals surface area contributed by atoms with Crippen LogP contribution in [0.3, 0.4) is 0 Å². The molecule has 5 heteroatoms. The van der Waals surface area contributed by atoms with Gasteiger partial charge in [-0.3, -0.25) is 4.57 Å². The molecule has 0 N–H and O–H groups in total. The predicted octanol–water partition coefficient (Wildman–Crippen LogP) is 3.17. The van der Waals surface area contributed by atoms with Crippen LogP contribution in [0.25, 0.3) is 16.9 Å². The highest BCUT2D eigenvalue weighted by atomic mass is 35.5. The third kappa shape index (κ3) is 2.04. The Balaban J connectivity index is 2.21. The Morgan fingerprint density at radius 1 is 1.21 bits per heavy atom. The van der Waals surface area contributed by atoms with Gasteiger partial charge in [0.2, 0.25) is 0 Å². The molecule has 0 atom stereocenters. The third-order valence-corrected chi connectivity index (χ3v) is 3.19. The van der Waals surface area contributed by atoms with Gasteiger partial charge >= 0.3 is 0 Å². The lowest BCUT2D eigenvalue weighted by molar-refractivity contribution is 0.414. The summed E-state index contributed by atoms with van der Waals surface area (Å²) in [7, 11) is 1.65. The van der Waals surface area contributed by atoms with Crippen molar-refractivity contribution in [1.29, 1.82) is 0 Å². The van der Waals surface area contributed by atoms with E-state index in [1.165, 1.54) is 0 Å². The molecule has 1 aromatic carbocycles. The number of imidazole rings is 1. The third-order valence-electron chi connectivity index (χ3n) is 2.95. The average molecular weight is 274 g/mol. The van der Waals surface area contributed by atoms with Crippen LogP contribution in [-0.2, 0) is 5.88 Å². The van der Waals surface area contributed by atoms with Gasteiger partial charge in [0.05, 0.1) is 18.5 Å². The van der Waals surface area contributed by atoms with E-state index in [1.807, 2.05) is 41.0 Å². The van der Waals surface area contributed by atoms with Crippen molar-refractivity contribution in [3.63, 3.8) is 0 Å². The largest absolute Gasteiger partial charge is 0.497 e. The number of fused-ring (bicyclic) bond motifs is 1. The first-order valence-electron chi connectivity index (χ1n) is 5.86. The smallest absolute Gasteiger partial charge is 0.178 e. The molecule has 0 aliphatic carbocycles. The van der Waals surface area contributed by atoms with Gasteiger partial charge < -0.3 is 4.74 Å². The predicted molar refractivity (Wildman–Crippen MR) is 75.0 cm³/mol. The number of pyridine rings is 1. The van der Waals surface area contributed by atoms with Gasteiger partial charge in [-0.1, -0.05) is 0 Å². The molecule has 0 aliphatic heterocycles. The minimum absolute atomic E-state index is 0.336. The van der Waals surface area contributed by atoms with Crippen LogP contribution in [0.2, 0.25) is 0 Å². The number of alkyl halides is 1. The van der Waals surface area contributed by atoms with Crippen LogP contribution in [0.15, 0.2) is 42.6 Å². The fourth-order valence-electron chi connectivity index (χ4n) is 2.07. The molecule has 0 bridgehead atoms. The Morgan fingerprint density at radius 3 is 2.68 bits per heavy atom. The molecular formula is C14H12ClN3O. The second-order valence-corrected chi connectivity index (χ2v) is 4.31. The van der Waals surface area contributed by atoms with E-state index in [1.54, 1.807) is 13.3 Å². The van der Waals surface area contributed by atoms with Gasteiger partial charge in [0.15, 0.2) is 5.65 Å². The second kappa shape index (κ2) is 4.90. The number of methoxy groups -OCH3 is 1. The lowest BCUT2D eigenvalue weighted by Gasteiger charge is -2.08. The molecule has 0 fully saturated rings. The first-order valence-corrected chi connectivity index (χ1v) is 6.39. The second-order valence-electron chi connectivity index (χ2n) is 4.04. The highest BCUT2D eigenvalue weighted by molar-refractivity contribution is 6.16. The molecule has 0 saturated heterocycles. The first kappa shape index (κ1) is 12.0. The van der Waals surface area contributed by atoms with Crippen LogP contribution < -0.4 is 4.74 Å². The van der Waals surface area contributed by atoms with Crippen molar-refractivity contribution in [3.05, 3.63) is 48.4 Å². The van der Waals surface area contributed by atoms with E-state index in [9.17, 15) is 0 Å². The van der Waals surface area contributed by atoms with E-state index >= 15 is 0 Å².